The molecular weight excluding hydrogens is 534 g/mol. The van der Waals surface area contributed by atoms with Crippen molar-refractivity contribution in [3.63, 3.8) is 0 Å². The summed E-state index contributed by atoms with van der Waals surface area (Å²) in [6.45, 7) is 1.22. The average molecular weight is 556 g/mol. The van der Waals surface area contributed by atoms with Gasteiger partial charge in [0.25, 0.3) is 5.91 Å². The second-order valence-electron chi connectivity index (χ2n) is 8.71. The normalized spacial score (nSPS) is 16.8. The van der Waals surface area contributed by atoms with E-state index >= 15 is 0 Å². The van der Waals surface area contributed by atoms with Gasteiger partial charge in [0.2, 0.25) is 28.6 Å². The Labute approximate surface area is 223 Å². The van der Waals surface area contributed by atoms with Gasteiger partial charge in [-0.3, -0.25) is 14.4 Å². The third-order valence-electron chi connectivity index (χ3n) is 6.11. The minimum absolute atomic E-state index is 0.0525. The van der Waals surface area contributed by atoms with Gasteiger partial charge >= 0.3 is 0 Å². The number of fused-ring (bicyclic) bond motifs is 1. The van der Waals surface area contributed by atoms with Gasteiger partial charge in [-0.15, -0.1) is 0 Å². The largest absolute Gasteiger partial charge is 0.454 e. The number of amides is 3. The van der Waals surface area contributed by atoms with Crippen molar-refractivity contribution in [3.05, 3.63) is 77.3 Å². The highest BCUT2D eigenvalue weighted by Crippen LogP contribution is 2.35. The molecule has 3 aromatic rings. The molecule has 0 aliphatic carbocycles. The van der Waals surface area contributed by atoms with Gasteiger partial charge in [0.05, 0.1) is 17.0 Å². The highest BCUT2D eigenvalue weighted by Gasteiger charge is 2.47. The molecule has 3 amide bonds. The summed E-state index contributed by atoms with van der Waals surface area (Å²) in [7, 11) is -4.24. The topological polar surface area (TPSA) is 122 Å². The molecule has 12 heteroatoms. The summed E-state index contributed by atoms with van der Waals surface area (Å²) >= 11 is 5.96. The Morgan fingerprint density at radius 1 is 1.03 bits per heavy atom. The Morgan fingerprint density at radius 3 is 2.39 bits per heavy atom. The summed E-state index contributed by atoms with van der Waals surface area (Å²) in [5.41, 5.74) is 1.31. The summed E-state index contributed by atoms with van der Waals surface area (Å²) in [5, 5.41) is 2.97. The molecule has 0 bridgehead atoms. The molecule has 196 valence electrons. The van der Waals surface area contributed by atoms with Gasteiger partial charge in [-0.2, -0.15) is 4.31 Å². The van der Waals surface area contributed by atoms with Crippen LogP contribution in [0, 0.1) is 0 Å². The molecule has 3 aromatic carbocycles. The number of carbonyl (C=O) groups is 3. The SMILES string of the molecule is CC(=O)Nc1ccc(N2C(=O)CC(N(Cc3ccc4c(c3)OCO4)S(=O)(=O)c3ccc(Cl)cc3)C2=O)cc1. The summed E-state index contributed by atoms with van der Waals surface area (Å²) in [6, 6.07) is 15.4. The monoisotopic (exact) mass is 555 g/mol. The molecule has 38 heavy (non-hydrogen) atoms. The number of rotatable bonds is 7. The van der Waals surface area contributed by atoms with Crippen LogP contribution in [0.25, 0.3) is 0 Å². The summed E-state index contributed by atoms with van der Waals surface area (Å²) in [4.78, 5) is 38.8. The van der Waals surface area contributed by atoms with Crippen molar-refractivity contribution in [1.29, 1.82) is 0 Å². The highest BCUT2D eigenvalue weighted by molar-refractivity contribution is 7.89. The number of hydrogen-bond donors (Lipinski definition) is 1. The molecule has 0 spiro atoms. The number of benzene rings is 3. The Hall–Kier alpha value is -3.93. The number of imide groups is 1. The maximum atomic E-state index is 13.8. The van der Waals surface area contributed by atoms with E-state index in [2.05, 4.69) is 5.32 Å². The number of nitrogens with zero attached hydrogens (tertiary/aromatic N) is 2. The number of halogens is 1. The maximum absolute atomic E-state index is 13.8. The molecule has 1 atom stereocenters. The Balaban J connectivity index is 1.50. The second-order valence-corrected chi connectivity index (χ2v) is 11.0. The van der Waals surface area contributed by atoms with Crippen LogP contribution >= 0.6 is 11.6 Å². The lowest BCUT2D eigenvalue weighted by molar-refractivity contribution is -0.122. The van der Waals surface area contributed by atoms with Crippen LogP contribution in [0.3, 0.4) is 0 Å². The Bertz CT molecular complexity index is 1530. The lowest BCUT2D eigenvalue weighted by Crippen LogP contribution is -2.45. The van der Waals surface area contributed by atoms with Gasteiger partial charge in [0.15, 0.2) is 11.5 Å². The van der Waals surface area contributed by atoms with Crippen LogP contribution in [-0.2, 0) is 31.0 Å². The van der Waals surface area contributed by atoms with Crippen molar-refractivity contribution in [2.24, 2.45) is 0 Å². The van der Waals surface area contributed by atoms with Crippen LogP contribution < -0.4 is 19.7 Å². The minimum Gasteiger partial charge on any atom is -0.454 e. The highest BCUT2D eigenvalue weighted by atomic mass is 35.5. The van der Waals surface area contributed by atoms with Gasteiger partial charge in [-0.25, -0.2) is 13.3 Å². The average Bonchev–Trinajstić information content (AvgIpc) is 3.46. The van der Waals surface area contributed by atoms with Crippen LogP contribution in [0.1, 0.15) is 18.9 Å². The van der Waals surface area contributed by atoms with E-state index in [4.69, 9.17) is 21.1 Å². The zero-order valence-electron chi connectivity index (χ0n) is 20.1. The van der Waals surface area contributed by atoms with Crippen molar-refractivity contribution in [2.75, 3.05) is 17.0 Å². The fourth-order valence-corrected chi connectivity index (χ4v) is 6.03. The number of ether oxygens (including phenoxy) is 2. The molecule has 1 N–H and O–H groups in total. The van der Waals surface area contributed by atoms with E-state index in [1.54, 1.807) is 30.3 Å². The van der Waals surface area contributed by atoms with E-state index in [-0.39, 0.29) is 36.2 Å². The lowest BCUT2D eigenvalue weighted by Gasteiger charge is -2.27. The van der Waals surface area contributed by atoms with Gasteiger partial charge in [-0.05, 0) is 66.2 Å². The molecule has 2 heterocycles. The van der Waals surface area contributed by atoms with E-state index in [0.717, 1.165) is 9.21 Å². The molecular formula is C26H22ClN3O7S. The van der Waals surface area contributed by atoms with Crippen molar-refractivity contribution in [2.45, 2.75) is 30.8 Å². The third kappa shape index (κ3) is 4.95. The zero-order chi connectivity index (χ0) is 27.0. The van der Waals surface area contributed by atoms with Gasteiger partial charge in [0.1, 0.15) is 6.04 Å². The molecule has 0 aromatic heterocycles. The minimum atomic E-state index is -4.24. The first-order chi connectivity index (χ1) is 18.1. The van der Waals surface area contributed by atoms with E-state index in [1.807, 2.05) is 0 Å². The standard InChI is InChI=1S/C26H22ClN3O7S/c1-16(31)28-19-5-7-20(8-6-19)30-25(32)13-22(26(30)33)29(38(34,35)21-9-3-18(27)4-10-21)14-17-2-11-23-24(12-17)37-15-36-23/h2-12,22H,13-15H2,1H3,(H,28,31). The predicted molar refractivity (Wildman–Crippen MR) is 138 cm³/mol. The summed E-state index contributed by atoms with van der Waals surface area (Å²) in [5.74, 6) is -0.504. The Kier molecular flexibility index (Phi) is 6.82. The zero-order valence-corrected chi connectivity index (χ0v) is 21.7. The van der Waals surface area contributed by atoms with Gasteiger partial charge in [-0.1, -0.05) is 17.7 Å². The summed E-state index contributed by atoms with van der Waals surface area (Å²) < 4.78 is 39.4. The molecule has 1 fully saturated rings. The number of nitrogens with one attached hydrogen (secondary N) is 1. The van der Waals surface area contributed by atoms with E-state index in [0.29, 0.717) is 27.8 Å². The molecule has 0 saturated carbocycles. The van der Waals surface area contributed by atoms with Crippen LogP contribution in [0.4, 0.5) is 11.4 Å². The van der Waals surface area contributed by atoms with E-state index in [9.17, 15) is 22.8 Å². The van der Waals surface area contributed by atoms with Gasteiger partial charge in [0, 0.05) is 24.2 Å². The second kappa shape index (κ2) is 10.1. The molecule has 1 saturated heterocycles. The quantitative estimate of drug-likeness (QED) is 0.442. The molecule has 10 nitrogen and oxygen atoms in total. The maximum Gasteiger partial charge on any atom is 0.252 e. The predicted octanol–water partition coefficient (Wildman–Crippen LogP) is 3.55. The first kappa shape index (κ1) is 25.7. The van der Waals surface area contributed by atoms with Crippen molar-refractivity contribution in [3.8, 4) is 11.5 Å². The van der Waals surface area contributed by atoms with Crippen molar-refractivity contribution >= 4 is 50.7 Å². The number of hydrogen-bond acceptors (Lipinski definition) is 7. The van der Waals surface area contributed by atoms with Crippen LogP contribution in [-0.4, -0.2) is 43.3 Å². The lowest BCUT2D eigenvalue weighted by atomic mass is 10.1. The smallest absolute Gasteiger partial charge is 0.252 e. The molecule has 2 aliphatic heterocycles. The van der Waals surface area contributed by atoms with Crippen molar-refractivity contribution in [1.82, 2.24) is 4.31 Å². The number of anilines is 2. The fraction of sp³-hybridized carbons (Fsp3) is 0.192. The number of carbonyl (C=O) groups excluding carboxylic acids is 3. The first-order valence-corrected chi connectivity index (χ1v) is 13.4. The number of sulfonamides is 1. The van der Waals surface area contributed by atoms with E-state index < -0.39 is 27.9 Å². The molecule has 5 rings (SSSR count). The molecule has 2 aliphatic rings. The molecule has 0 radical (unpaired) electrons. The third-order valence-corrected chi connectivity index (χ3v) is 8.23. The van der Waals surface area contributed by atoms with Crippen LogP contribution in [0.5, 0.6) is 11.5 Å². The Morgan fingerprint density at radius 2 is 1.71 bits per heavy atom. The fourth-order valence-electron chi connectivity index (χ4n) is 4.33. The van der Waals surface area contributed by atoms with Crippen LogP contribution in [0.15, 0.2) is 71.6 Å². The van der Waals surface area contributed by atoms with Crippen LogP contribution in [0.2, 0.25) is 5.02 Å². The van der Waals surface area contributed by atoms with Crippen molar-refractivity contribution < 1.29 is 32.3 Å². The molecule has 1 unspecified atom stereocenters. The summed E-state index contributed by atoms with van der Waals surface area (Å²) in [6.07, 6.45) is -0.344. The van der Waals surface area contributed by atoms with Gasteiger partial charge < -0.3 is 14.8 Å². The van der Waals surface area contributed by atoms with E-state index in [1.165, 1.54) is 43.3 Å². The first-order valence-electron chi connectivity index (χ1n) is 11.5.